The zero-order valence-corrected chi connectivity index (χ0v) is 31.3. The average molecular weight is 737 g/mol. The lowest BCUT2D eigenvalue weighted by Crippen LogP contribution is -1.95. The van der Waals surface area contributed by atoms with Gasteiger partial charge in [-0.3, -0.25) is 0 Å². The number of aromatic nitrogens is 4. The fraction of sp³-hybridized carbons (Fsp3) is 0. The van der Waals surface area contributed by atoms with Crippen LogP contribution in [-0.2, 0) is 0 Å². The number of nitrogens with zero attached hydrogens (tertiary/aromatic N) is 4. The molecule has 0 amide bonds. The van der Waals surface area contributed by atoms with Crippen molar-refractivity contribution in [1.82, 2.24) is 19.9 Å². The van der Waals surface area contributed by atoms with Crippen LogP contribution in [-0.4, -0.2) is 19.9 Å². The molecule has 3 heterocycles. The Kier molecular flexibility index (Phi) is 7.20. The number of hydrogen-bond acceptors (Lipinski definition) is 4. The Balaban J connectivity index is 0.920. The van der Waals surface area contributed by atoms with Crippen LogP contribution in [0.3, 0.4) is 0 Å². The lowest BCUT2D eigenvalue weighted by molar-refractivity contribution is 1.29. The summed E-state index contributed by atoms with van der Waals surface area (Å²) >= 11 is 0. The smallest absolute Gasteiger partial charge is 0.0973 e. The Bertz CT molecular complexity index is 3420. The molecular formula is C54H32N4. The van der Waals surface area contributed by atoms with Crippen molar-refractivity contribution in [1.29, 1.82) is 0 Å². The van der Waals surface area contributed by atoms with E-state index < -0.39 is 0 Å². The summed E-state index contributed by atoms with van der Waals surface area (Å²) < 4.78 is 0. The first-order valence-corrected chi connectivity index (χ1v) is 19.6. The number of para-hydroxylation sites is 2. The second-order valence-electron chi connectivity index (χ2n) is 15.0. The molecule has 0 saturated heterocycles. The molecule has 11 aromatic rings. The minimum atomic E-state index is 0.856. The van der Waals surface area contributed by atoms with E-state index in [0.29, 0.717) is 0 Å². The zero-order valence-electron chi connectivity index (χ0n) is 31.3. The van der Waals surface area contributed by atoms with Gasteiger partial charge in [0, 0.05) is 33.0 Å². The van der Waals surface area contributed by atoms with Gasteiger partial charge in [-0.2, -0.15) is 0 Å². The summed E-state index contributed by atoms with van der Waals surface area (Å²) in [5.74, 6) is 0. The first-order valence-electron chi connectivity index (χ1n) is 19.6. The molecule has 4 nitrogen and oxygen atoms in total. The monoisotopic (exact) mass is 736 g/mol. The topological polar surface area (TPSA) is 51.6 Å². The van der Waals surface area contributed by atoms with E-state index in [2.05, 4.69) is 152 Å². The summed E-state index contributed by atoms with van der Waals surface area (Å²) in [6.07, 6.45) is 0. The van der Waals surface area contributed by atoms with Gasteiger partial charge >= 0.3 is 0 Å². The number of hydrogen-bond donors (Lipinski definition) is 0. The zero-order chi connectivity index (χ0) is 38.2. The highest BCUT2D eigenvalue weighted by molar-refractivity contribution is 6.18. The summed E-state index contributed by atoms with van der Waals surface area (Å²) in [6.45, 7) is 0. The number of rotatable bonds is 5. The Morgan fingerprint density at radius 3 is 1.45 bits per heavy atom. The summed E-state index contributed by atoms with van der Waals surface area (Å²) in [4.78, 5) is 20.7. The number of pyridine rings is 2. The molecule has 0 saturated carbocycles. The van der Waals surface area contributed by atoms with Crippen LogP contribution in [0.1, 0.15) is 0 Å². The lowest BCUT2D eigenvalue weighted by atomic mass is 9.93. The molecule has 0 atom stereocenters. The third-order valence-electron chi connectivity index (χ3n) is 11.6. The van der Waals surface area contributed by atoms with Crippen molar-refractivity contribution in [3.63, 3.8) is 0 Å². The van der Waals surface area contributed by atoms with Crippen molar-refractivity contribution in [3.8, 4) is 78.4 Å². The van der Waals surface area contributed by atoms with Crippen molar-refractivity contribution >= 4 is 43.6 Å². The third kappa shape index (κ3) is 5.16. The van der Waals surface area contributed by atoms with Gasteiger partial charge in [-0.1, -0.05) is 164 Å². The van der Waals surface area contributed by atoms with Gasteiger partial charge in [0.15, 0.2) is 0 Å². The van der Waals surface area contributed by atoms with Crippen LogP contribution in [0.2, 0.25) is 0 Å². The molecule has 58 heavy (non-hydrogen) atoms. The fourth-order valence-electron chi connectivity index (χ4n) is 8.79. The summed E-state index contributed by atoms with van der Waals surface area (Å²) in [6, 6.07) is 68.4. The van der Waals surface area contributed by atoms with E-state index in [0.717, 1.165) is 77.9 Å². The molecule has 4 heteroatoms. The molecule has 0 spiro atoms. The van der Waals surface area contributed by atoms with E-state index in [4.69, 9.17) is 19.9 Å². The molecule has 268 valence electrons. The fourth-order valence-corrected chi connectivity index (χ4v) is 8.79. The first-order chi connectivity index (χ1) is 28.7. The van der Waals surface area contributed by atoms with Crippen molar-refractivity contribution in [2.45, 2.75) is 0 Å². The quantitative estimate of drug-likeness (QED) is 0.165. The molecule has 0 fully saturated rings. The van der Waals surface area contributed by atoms with Crippen molar-refractivity contribution in [2.24, 2.45) is 0 Å². The van der Waals surface area contributed by atoms with E-state index in [1.54, 1.807) is 0 Å². The van der Waals surface area contributed by atoms with Gasteiger partial charge < -0.3 is 0 Å². The largest absolute Gasteiger partial charge is 0.245 e. The maximum atomic E-state index is 5.31. The second-order valence-corrected chi connectivity index (χ2v) is 15.0. The van der Waals surface area contributed by atoms with Crippen LogP contribution in [0.15, 0.2) is 194 Å². The highest BCUT2D eigenvalue weighted by Crippen LogP contribution is 2.49. The van der Waals surface area contributed by atoms with Crippen molar-refractivity contribution in [3.05, 3.63) is 194 Å². The molecule has 1 aliphatic rings. The Morgan fingerprint density at radius 1 is 0.276 bits per heavy atom. The second kappa shape index (κ2) is 12.9. The Labute approximate surface area is 334 Å². The van der Waals surface area contributed by atoms with Gasteiger partial charge in [-0.05, 0) is 74.5 Å². The van der Waals surface area contributed by atoms with E-state index in [1.165, 1.54) is 44.2 Å². The summed E-state index contributed by atoms with van der Waals surface area (Å²) in [5, 5.41) is 4.71. The average Bonchev–Trinajstić information content (AvgIpc) is 3.63. The summed E-state index contributed by atoms with van der Waals surface area (Å²) in [7, 11) is 0. The van der Waals surface area contributed by atoms with Gasteiger partial charge in [0.1, 0.15) is 0 Å². The Hall–Kier alpha value is -7.82. The normalized spacial score (nSPS) is 11.8. The van der Waals surface area contributed by atoms with Crippen LogP contribution in [0, 0.1) is 0 Å². The summed E-state index contributed by atoms with van der Waals surface area (Å²) in [5.41, 5.74) is 18.8. The molecule has 0 N–H and O–H groups in total. The van der Waals surface area contributed by atoms with E-state index >= 15 is 0 Å². The van der Waals surface area contributed by atoms with Crippen LogP contribution >= 0.6 is 0 Å². The van der Waals surface area contributed by atoms with Crippen molar-refractivity contribution in [2.75, 3.05) is 0 Å². The molecule has 12 rings (SSSR count). The molecular weight excluding hydrogens is 705 g/mol. The highest BCUT2D eigenvalue weighted by atomic mass is 14.8. The van der Waals surface area contributed by atoms with Gasteiger partial charge in [0.2, 0.25) is 0 Å². The predicted octanol–water partition coefficient (Wildman–Crippen LogP) is 13.9. The van der Waals surface area contributed by atoms with Crippen LogP contribution in [0.25, 0.3) is 122 Å². The van der Waals surface area contributed by atoms with Crippen LogP contribution in [0.4, 0.5) is 0 Å². The van der Waals surface area contributed by atoms with Crippen molar-refractivity contribution < 1.29 is 0 Å². The maximum absolute atomic E-state index is 5.31. The molecule has 1 aliphatic carbocycles. The number of fused-ring (bicyclic) bond motifs is 7. The maximum Gasteiger partial charge on any atom is 0.0973 e. The van der Waals surface area contributed by atoms with Gasteiger partial charge in [0.25, 0.3) is 0 Å². The minimum absolute atomic E-state index is 0.856. The standard InChI is InChI=1S/C54H32N4/c1-2-10-34(11-3-1)51-54(58-49-19-7-6-18-48(49)57-51)35-22-20-33(21-23-35)46-30-26-36-24-25-37-27-31-47(56-53(37)52(36)55-46)39-13-8-12-38(32-39)40-28-29-45-42-15-5-4-14-41(42)44-17-9-16-43(40)50(44)45/h1-32H. The minimum Gasteiger partial charge on any atom is -0.245 e. The van der Waals surface area contributed by atoms with E-state index in [9.17, 15) is 0 Å². The number of benzene rings is 8. The highest BCUT2D eigenvalue weighted by Gasteiger charge is 2.22. The van der Waals surface area contributed by atoms with Gasteiger partial charge in [-0.15, -0.1) is 0 Å². The molecule has 0 bridgehead atoms. The van der Waals surface area contributed by atoms with Crippen LogP contribution < -0.4 is 0 Å². The predicted molar refractivity (Wildman–Crippen MR) is 239 cm³/mol. The molecule has 3 aromatic heterocycles. The van der Waals surface area contributed by atoms with E-state index in [-0.39, 0.29) is 0 Å². The molecule has 0 unspecified atom stereocenters. The molecule has 8 aromatic carbocycles. The van der Waals surface area contributed by atoms with E-state index in [1.807, 2.05) is 42.5 Å². The third-order valence-corrected chi connectivity index (χ3v) is 11.6. The Morgan fingerprint density at radius 2 is 0.759 bits per heavy atom. The lowest BCUT2D eigenvalue weighted by Gasteiger charge is -2.12. The first kappa shape index (κ1) is 32.4. The van der Waals surface area contributed by atoms with Gasteiger partial charge in [-0.25, -0.2) is 19.9 Å². The molecule has 0 aliphatic heterocycles. The SMILES string of the molecule is c1ccc(-c2nc3ccccc3nc2-c2ccc(-c3ccc4ccc5ccc(-c6cccc(-c7ccc8c9c(cccc79)-c7ccccc7-8)c6)nc5c4n3)cc2)cc1. The molecule has 0 radical (unpaired) electrons. The van der Waals surface area contributed by atoms with Gasteiger partial charge in [0.05, 0.1) is 44.8 Å². The van der Waals surface area contributed by atoms with Crippen LogP contribution in [0.5, 0.6) is 0 Å².